The van der Waals surface area contributed by atoms with E-state index in [0.29, 0.717) is 12.0 Å². The topological polar surface area (TPSA) is 58.6 Å². The molecule has 2 aromatic heterocycles. The number of nitrogens with zero attached hydrogens (tertiary/aromatic N) is 4. The number of hydrogen-bond donors (Lipinski definition) is 1. The SMILES string of the molecule is CC(C)NC(=NCCc1ccco1)N1CCC(c2cnn(C)c2)C1. The lowest BCUT2D eigenvalue weighted by molar-refractivity contribution is 0.472. The fraction of sp³-hybridized carbons (Fsp3) is 0.556. The van der Waals surface area contributed by atoms with E-state index in [1.807, 2.05) is 30.1 Å². The Balaban J connectivity index is 1.62. The second kappa shape index (κ2) is 7.55. The molecule has 1 fully saturated rings. The summed E-state index contributed by atoms with van der Waals surface area (Å²) in [4.78, 5) is 7.17. The Morgan fingerprint density at radius 3 is 3.04 bits per heavy atom. The van der Waals surface area contributed by atoms with Crippen LogP contribution >= 0.6 is 0 Å². The van der Waals surface area contributed by atoms with Gasteiger partial charge >= 0.3 is 0 Å². The van der Waals surface area contributed by atoms with Gasteiger partial charge in [0.05, 0.1) is 12.5 Å². The van der Waals surface area contributed by atoms with Crippen molar-refractivity contribution in [2.45, 2.75) is 38.6 Å². The molecule has 1 N–H and O–H groups in total. The van der Waals surface area contributed by atoms with Gasteiger partial charge in [0.25, 0.3) is 0 Å². The van der Waals surface area contributed by atoms with Crippen molar-refractivity contribution in [1.29, 1.82) is 0 Å². The summed E-state index contributed by atoms with van der Waals surface area (Å²) in [6.45, 7) is 7.05. The van der Waals surface area contributed by atoms with Gasteiger partial charge in [-0.3, -0.25) is 9.67 Å². The van der Waals surface area contributed by atoms with Crippen LogP contribution in [0.1, 0.15) is 37.5 Å². The van der Waals surface area contributed by atoms with E-state index in [1.54, 1.807) is 6.26 Å². The smallest absolute Gasteiger partial charge is 0.194 e. The summed E-state index contributed by atoms with van der Waals surface area (Å²) in [6, 6.07) is 4.29. The maximum Gasteiger partial charge on any atom is 0.194 e. The van der Waals surface area contributed by atoms with Gasteiger partial charge in [-0.1, -0.05) is 0 Å². The van der Waals surface area contributed by atoms with Gasteiger partial charge in [0.2, 0.25) is 0 Å². The molecule has 130 valence electrons. The highest BCUT2D eigenvalue weighted by atomic mass is 16.3. The largest absolute Gasteiger partial charge is 0.469 e. The Morgan fingerprint density at radius 1 is 1.50 bits per heavy atom. The number of likely N-dealkylation sites (tertiary alicyclic amines) is 1. The molecular weight excluding hydrogens is 302 g/mol. The summed E-state index contributed by atoms with van der Waals surface area (Å²) in [5, 5.41) is 7.80. The molecule has 6 nitrogen and oxygen atoms in total. The van der Waals surface area contributed by atoms with E-state index in [9.17, 15) is 0 Å². The first-order chi connectivity index (χ1) is 11.6. The van der Waals surface area contributed by atoms with Crippen LogP contribution in [-0.4, -0.2) is 46.3 Å². The van der Waals surface area contributed by atoms with Crippen LogP contribution in [0.5, 0.6) is 0 Å². The lowest BCUT2D eigenvalue weighted by Crippen LogP contribution is -2.43. The summed E-state index contributed by atoms with van der Waals surface area (Å²) < 4.78 is 7.26. The third kappa shape index (κ3) is 4.19. The van der Waals surface area contributed by atoms with Gasteiger partial charge in [0.1, 0.15) is 5.76 Å². The molecule has 2 aromatic rings. The molecule has 1 atom stereocenters. The van der Waals surface area contributed by atoms with Crippen molar-refractivity contribution < 1.29 is 4.42 Å². The maximum atomic E-state index is 5.39. The predicted molar refractivity (Wildman–Crippen MR) is 95.1 cm³/mol. The molecule has 1 aliphatic heterocycles. The molecule has 0 amide bonds. The molecule has 3 rings (SSSR count). The lowest BCUT2D eigenvalue weighted by atomic mass is 10.0. The van der Waals surface area contributed by atoms with E-state index in [-0.39, 0.29) is 0 Å². The highest BCUT2D eigenvalue weighted by Gasteiger charge is 2.27. The van der Waals surface area contributed by atoms with Crippen molar-refractivity contribution in [3.63, 3.8) is 0 Å². The van der Waals surface area contributed by atoms with Crippen molar-refractivity contribution in [3.05, 3.63) is 42.1 Å². The molecule has 1 saturated heterocycles. The Kier molecular flexibility index (Phi) is 5.23. The molecule has 0 radical (unpaired) electrons. The van der Waals surface area contributed by atoms with Gasteiger partial charge in [0, 0.05) is 51.3 Å². The number of furan rings is 1. The fourth-order valence-corrected chi connectivity index (χ4v) is 3.10. The van der Waals surface area contributed by atoms with Crippen LogP contribution in [0.25, 0.3) is 0 Å². The molecule has 0 aromatic carbocycles. The zero-order chi connectivity index (χ0) is 16.9. The number of rotatable bonds is 5. The minimum atomic E-state index is 0.366. The van der Waals surface area contributed by atoms with Gasteiger partial charge in [-0.05, 0) is 38.0 Å². The molecule has 24 heavy (non-hydrogen) atoms. The van der Waals surface area contributed by atoms with E-state index in [0.717, 1.165) is 44.2 Å². The van der Waals surface area contributed by atoms with Crippen LogP contribution < -0.4 is 5.32 Å². The number of aromatic nitrogens is 2. The normalized spacial score (nSPS) is 18.6. The second-order valence-corrected chi connectivity index (χ2v) is 6.71. The second-order valence-electron chi connectivity index (χ2n) is 6.71. The van der Waals surface area contributed by atoms with E-state index < -0.39 is 0 Å². The molecular formula is C18H27N5O. The standard InChI is InChI=1S/C18H27N5O/c1-14(2)21-18(19-8-6-17-5-4-10-24-17)23-9-7-15(13-23)16-11-20-22(3)12-16/h4-5,10-12,14-15H,6-9,13H2,1-3H3,(H,19,21). The first-order valence-corrected chi connectivity index (χ1v) is 8.68. The van der Waals surface area contributed by atoms with E-state index >= 15 is 0 Å². The zero-order valence-electron chi connectivity index (χ0n) is 14.8. The average Bonchev–Trinajstić information content (AvgIpc) is 3.26. The van der Waals surface area contributed by atoms with E-state index in [2.05, 4.69) is 35.4 Å². The quantitative estimate of drug-likeness (QED) is 0.676. The summed E-state index contributed by atoms with van der Waals surface area (Å²) in [7, 11) is 1.97. The molecule has 3 heterocycles. The van der Waals surface area contributed by atoms with Crippen molar-refractivity contribution >= 4 is 5.96 Å². The minimum absolute atomic E-state index is 0.366. The first kappa shape index (κ1) is 16.6. The highest BCUT2D eigenvalue weighted by Crippen LogP contribution is 2.26. The molecule has 0 aliphatic carbocycles. The molecule has 0 bridgehead atoms. The number of guanidine groups is 1. The van der Waals surface area contributed by atoms with Gasteiger partial charge in [-0.2, -0.15) is 5.10 Å². The Bertz CT molecular complexity index is 659. The summed E-state index contributed by atoms with van der Waals surface area (Å²) >= 11 is 0. The molecule has 0 saturated carbocycles. The number of nitrogens with one attached hydrogen (secondary N) is 1. The average molecular weight is 329 g/mol. The van der Waals surface area contributed by atoms with Crippen molar-refractivity contribution in [3.8, 4) is 0 Å². The van der Waals surface area contributed by atoms with Crippen molar-refractivity contribution in [2.24, 2.45) is 12.0 Å². The third-order valence-electron chi connectivity index (χ3n) is 4.30. The number of aryl methyl sites for hydroxylation is 1. The van der Waals surface area contributed by atoms with Gasteiger partial charge in [-0.25, -0.2) is 0 Å². The molecule has 1 aliphatic rings. The van der Waals surface area contributed by atoms with Crippen LogP contribution in [0.4, 0.5) is 0 Å². The van der Waals surface area contributed by atoms with Crippen LogP contribution in [0.2, 0.25) is 0 Å². The first-order valence-electron chi connectivity index (χ1n) is 8.68. The van der Waals surface area contributed by atoms with E-state index in [4.69, 9.17) is 9.41 Å². The Morgan fingerprint density at radius 2 is 2.38 bits per heavy atom. The van der Waals surface area contributed by atoms with Gasteiger partial charge in [-0.15, -0.1) is 0 Å². The Hall–Kier alpha value is -2.24. The van der Waals surface area contributed by atoms with Gasteiger partial charge in [0.15, 0.2) is 5.96 Å². The molecule has 0 spiro atoms. The van der Waals surface area contributed by atoms with Crippen LogP contribution in [0.3, 0.4) is 0 Å². The third-order valence-corrected chi connectivity index (χ3v) is 4.30. The summed E-state index contributed by atoms with van der Waals surface area (Å²) in [5.74, 6) is 2.52. The maximum absolute atomic E-state index is 5.39. The minimum Gasteiger partial charge on any atom is -0.469 e. The zero-order valence-corrected chi connectivity index (χ0v) is 14.8. The highest BCUT2D eigenvalue weighted by molar-refractivity contribution is 5.80. The molecule has 6 heteroatoms. The fourth-order valence-electron chi connectivity index (χ4n) is 3.10. The summed E-state index contributed by atoms with van der Waals surface area (Å²) in [6.07, 6.45) is 7.79. The monoisotopic (exact) mass is 329 g/mol. The van der Waals surface area contributed by atoms with Crippen LogP contribution in [0, 0.1) is 0 Å². The van der Waals surface area contributed by atoms with Gasteiger partial charge < -0.3 is 14.6 Å². The van der Waals surface area contributed by atoms with Crippen molar-refractivity contribution in [2.75, 3.05) is 19.6 Å². The number of hydrogen-bond acceptors (Lipinski definition) is 3. The van der Waals surface area contributed by atoms with E-state index in [1.165, 1.54) is 5.56 Å². The summed E-state index contributed by atoms with van der Waals surface area (Å²) in [5.41, 5.74) is 1.32. The predicted octanol–water partition coefficient (Wildman–Crippen LogP) is 2.40. The van der Waals surface area contributed by atoms with Crippen LogP contribution in [-0.2, 0) is 13.5 Å². The van der Waals surface area contributed by atoms with Crippen LogP contribution in [0.15, 0.2) is 40.2 Å². The van der Waals surface area contributed by atoms with Crippen molar-refractivity contribution in [1.82, 2.24) is 20.0 Å². The Labute approximate surface area is 143 Å². The lowest BCUT2D eigenvalue weighted by Gasteiger charge is -2.24. The molecule has 1 unspecified atom stereocenters. The number of aliphatic imine (C=N–C) groups is 1.